The van der Waals surface area contributed by atoms with E-state index in [1.165, 1.54) is 0 Å². The minimum absolute atomic E-state index is 0.418. The summed E-state index contributed by atoms with van der Waals surface area (Å²) in [4.78, 5) is 18.1. The number of fused-ring (bicyclic) bond motifs is 1. The molecule has 0 atom stereocenters. The first-order valence-corrected chi connectivity index (χ1v) is 10.5. The number of carbonyl (C=O) groups excluding carboxylic acids is 1. The minimum atomic E-state index is -0.418. The second kappa shape index (κ2) is 9.21. The number of thiazole rings is 1. The number of nitrogens with two attached hydrogens (primary N) is 1. The highest BCUT2D eigenvalue weighted by Gasteiger charge is 2.10. The summed E-state index contributed by atoms with van der Waals surface area (Å²) in [6.45, 7) is 5.74. The lowest BCUT2D eigenvalue weighted by molar-refractivity contribution is 0.0322. The van der Waals surface area contributed by atoms with Gasteiger partial charge in [0.05, 0.1) is 23.4 Å². The van der Waals surface area contributed by atoms with E-state index in [-0.39, 0.29) is 0 Å². The number of primary amides is 1. The number of morpholine rings is 1. The van der Waals surface area contributed by atoms with Gasteiger partial charge in [-0.2, -0.15) is 0 Å². The number of hydrogen-bond donors (Lipinski definition) is 2. The highest BCUT2D eigenvalue weighted by molar-refractivity contribution is 7.22. The van der Waals surface area contributed by atoms with Gasteiger partial charge >= 0.3 is 0 Å². The predicted octanol–water partition coefficient (Wildman–Crippen LogP) is 2.72. The molecule has 7 nitrogen and oxygen atoms in total. The lowest BCUT2D eigenvalue weighted by Gasteiger charge is -2.26. The average Bonchev–Trinajstić information content (AvgIpc) is 3.15. The molecule has 1 aliphatic heterocycles. The standard InChI is InChI=1S/C21H24N4O3S/c22-20(26)16-3-1-15(2-4-16)14-23-21-24-18-6-5-17(13-19(18)29-21)28-12-9-25-7-10-27-11-8-25/h1-6,13H,7-12,14H2,(H2,22,26)(H,23,24). The Bertz CT molecular complexity index is 968. The van der Waals surface area contributed by atoms with Gasteiger partial charge in [0.15, 0.2) is 5.13 Å². The van der Waals surface area contributed by atoms with Crippen LogP contribution in [0.25, 0.3) is 10.2 Å². The largest absolute Gasteiger partial charge is 0.492 e. The van der Waals surface area contributed by atoms with E-state index in [0.29, 0.717) is 18.7 Å². The molecule has 0 aliphatic carbocycles. The van der Waals surface area contributed by atoms with Gasteiger partial charge in [-0.3, -0.25) is 9.69 Å². The van der Waals surface area contributed by atoms with Crippen LogP contribution in [0.5, 0.6) is 5.75 Å². The summed E-state index contributed by atoms with van der Waals surface area (Å²) in [6.07, 6.45) is 0. The number of nitrogens with zero attached hydrogens (tertiary/aromatic N) is 2. The molecule has 1 fully saturated rings. The van der Waals surface area contributed by atoms with Crippen LogP contribution in [0.4, 0.5) is 5.13 Å². The first kappa shape index (κ1) is 19.6. The summed E-state index contributed by atoms with van der Waals surface area (Å²) >= 11 is 1.60. The zero-order chi connectivity index (χ0) is 20.1. The monoisotopic (exact) mass is 412 g/mol. The topological polar surface area (TPSA) is 89.7 Å². The SMILES string of the molecule is NC(=O)c1ccc(CNc2nc3ccc(OCCN4CCOCC4)cc3s2)cc1. The molecule has 2 heterocycles. The van der Waals surface area contributed by atoms with Crippen LogP contribution in [0.1, 0.15) is 15.9 Å². The van der Waals surface area contributed by atoms with Gasteiger partial charge in [0.1, 0.15) is 12.4 Å². The molecule has 2 aromatic carbocycles. The molecule has 0 saturated carbocycles. The van der Waals surface area contributed by atoms with Crippen molar-refractivity contribution in [1.29, 1.82) is 0 Å². The van der Waals surface area contributed by atoms with Crippen molar-refractivity contribution in [3.8, 4) is 5.75 Å². The number of nitrogens with one attached hydrogen (secondary N) is 1. The second-order valence-corrected chi connectivity index (χ2v) is 7.90. The molecular weight excluding hydrogens is 388 g/mol. The smallest absolute Gasteiger partial charge is 0.248 e. The highest BCUT2D eigenvalue weighted by Crippen LogP contribution is 2.29. The van der Waals surface area contributed by atoms with E-state index in [1.807, 2.05) is 30.3 Å². The number of anilines is 1. The van der Waals surface area contributed by atoms with Gasteiger partial charge in [-0.15, -0.1) is 0 Å². The van der Waals surface area contributed by atoms with Crippen LogP contribution in [0, 0.1) is 0 Å². The molecule has 1 amide bonds. The van der Waals surface area contributed by atoms with Crippen molar-refractivity contribution >= 4 is 32.6 Å². The molecular formula is C21H24N4O3S. The predicted molar refractivity (Wildman–Crippen MR) is 115 cm³/mol. The fraction of sp³-hybridized carbons (Fsp3) is 0.333. The average molecular weight is 413 g/mol. The molecule has 8 heteroatoms. The first-order valence-electron chi connectivity index (χ1n) is 9.63. The number of amides is 1. The number of carbonyl (C=O) groups is 1. The second-order valence-electron chi connectivity index (χ2n) is 6.87. The molecule has 3 N–H and O–H groups in total. The summed E-state index contributed by atoms with van der Waals surface area (Å²) in [7, 11) is 0. The Morgan fingerprint density at radius 1 is 1.21 bits per heavy atom. The summed E-state index contributed by atoms with van der Waals surface area (Å²) in [5.74, 6) is 0.446. The van der Waals surface area contributed by atoms with Crippen LogP contribution in [0.3, 0.4) is 0 Å². The van der Waals surface area contributed by atoms with Gasteiger partial charge in [-0.1, -0.05) is 23.5 Å². The number of benzene rings is 2. The molecule has 4 rings (SSSR count). The third-order valence-corrected chi connectivity index (χ3v) is 5.80. The van der Waals surface area contributed by atoms with Gasteiger partial charge in [0, 0.05) is 31.7 Å². The Labute approximate surface area is 173 Å². The van der Waals surface area contributed by atoms with Crippen LogP contribution in [0.15, 0.2) is 42.5 Å². The van der Waals surface area contributed by atoms with Crippen molar-refractivity contribution in [3.63, 3.8) is 0 Å². The zero-order valence-corrected chi connectivity index (χ0v) is 16.9. The van der Waals surface area contributed by atoms with E-state index in [9.17, 15) is 4.79 Å². The number of rotatable bonds is 8. The Kier molecular flexibility index (Phi) is 6.24. The third kappa shape index (κ3) is 5.23. The van der Waals surface area contributed by atoms with Crippen molar-refractivity contribution in [1.82, 2.24) is 9.88 Å². The van der Waals surface area contributed by atoms with Crippen LogP contribution < -0.4 is 15.8 Å². The van der Waals surface area contributed by atoms with Crippen molar-refractivity contribution in [2.75, 3.05) is 44.8 Å². The quantitative estimate of drug-likeness (QED) is 0.591. The highest BCUT2D eigenvalue weighted by atomic mass is 32.1. The molecule has 0 bridgehead atoms. The number of aromatic nitrogens is 1. The Hall–Kier alpha value is -2.68. The summed E-state index contributed by atoms with van der Waals surface area (Å²) in [5.41, 5.74) is 7.78. The fourth-order valence-corrected chi connectivity index (χ4v) is 4.04. The van der Waals surface area contributed by atoms with Gasteiger partial charge in [-0.05, 0) is 35.9 Å². The van der Waals surface area contributed by atoms with Gasteiger partial charge in [0.25, 0.3) is 0 Å². The third-order valence-electron chi connectivity index (χ3n) is 4.82. The van der Waals surface area contributed by atoms with Crippen LogP contribution in [0.2, 0.25) is 0 Å². The van der Waals surface area contributed by atoms with E-state index in [0.717, 1.165) is 59.5 Å². The van der Waals surface area contributed by atoms with Crippen molar-refractivity contribution in [3.05, 3.63) is 53.6 Å². The Balaban J connectivity index is 1.32. The van der Waals surface area contributed by atoms with Crippen LogP contribution >= 0.6 is 11.3 Å². The van der Waals surface area contributed by atoms with E-state index in [1.54, 1.807) is 23.5 Å². The van der Waals surface area contributed by atoms with Gasteiger partial charge < -0.3 is 20.5 Å². The summed E-state index contributed by atoms with van der Waals surface area (Å²) < 4.78 is 12.4. The zero-order valence-electron chi connectivity index (χ0n) is 16.1. The van der Waals surface area contributed by atoms with E-state index in [4.69, 9.17) is 15.2 Å². The minimum Gasteiger partial charge on any atom is -0.492 e. The fourth-order valence-electron chi connectivity index (χ4n) is 3.15. The van der Waals surface area contributed by atoms with Gasteiger partial charge in [-0.25, -0.2) is 4.98 Å². The van der Waals surface area contributed by atoms with Crippen molar-refractivity contribution < 1.29 is 14.3 Å². The maximum absolute atomic E-state index is 11.1. The molecule has 1 aromatic heterocycles. The Morgan fingerprint density at radius 3 is 2.76 bits per heavy atom. The molecule has 0 unspecified atom stereocenters. The summed E-state index contributed by atoms with van der Waals surface area (Å²) in [6, 6.07) is 13.2. The maximum Gasteiger partial charge on any atom is 0.248 e. The van der Waals surface area contributed by atoms with E-state index in [2.05, 4.69) is 15.2 Å². The van der Waals surface area contributed by atoms with Crippen molar-refractivity contribution in [2.24, 2.45) is 5.73 Å². The lowest BCUT2D eigenvalue weighted by atomic mass is 10.1. The first-order chi connectivity index (χ1) is 14.2. The van der Waals surface area contributed by atoms with Crippen LogP contribution in [-0.2, 0) is 11.3 Å². The molecule has 152 valence electrons. The van der Waals surface area contributed by atoms with Crippen molar-refractivity contribution in [2.45, 2.75) is 6.54 Å². The molecule has 1 aliphatic rings. The van der Waals surface area contributed by atoms with E-state index >= 15 is 0 Å². The van der Waals surface area contributed by atoms with Crippen LogP contribution in [-0.4, -0.2) is 55.2 Å². The molecule has 3 aromatic rings. The molecule has 0 radical (unpaired) electrons. The number of hydrogen-bond acceptors (Lipinski definition) is 7. The molecule has 1 saturated heterocycles. The maximum atomic E-state index is 11.1. The number of ether oxygens (including phenoxy) is 2. The van der Waals surface area contributed by atoms with Gasteiger partial charge in [0.2, 0.25) is 5.91 Å². The molecule has 0 spiro atoms. The lowest BCUT2D eigenvalue weighted by Crippen LogP contribution is -2.38. The molecule has 29 heavy (non-hydrogen) atoms. The van der Waals surface area contributed by atoms with E-state index < -0.39 is 5.91 Å². The normalized spacial score (nSPS) is 14.8. The summed E-state index contributed by atoms with van der Waals surface area (Å²) in [5, 5.41) is 4.19. The Morgan fingerprint density at radius 2 is 2.00 bits per heavy atom.